The summed E-state index contributed by atoms with van der Waals surface area (Å²) in [5.74, 6) is 1.13. The Hall–Kier alpha value is -4.20. The lowest BCUT2D eigenvalue weighted by atomic mass is 10.1. The van der Waals surface area contributed by atoms with Crippen LogP contribution in [0.3, 0.4) is 0 Å². The minimum Gasteiger partial charge on any atom is -0.368 e. The van der Waals surface area contributed by atoms with Gasteiger partial charge in [0.05, 0.1) is 6.33 Å². The summed E-state index contributed by atoms with van der Waals surface area (Å²) in [7, 11) is 0. The van der Waals surface area contributed by atoms with Gasteiger partial charge >= 0.3 is 0 Å². The number of imidazole rings is 1. The van der Waals surface area contributed by atoms with Gasteiger partial charge in [0.25, 0.3) is 5.91 Å². The Bertz CT molecular complexity index is 1190. The van der Waals surface area contributed by atoms with Gasteiger partial charge in [-0.25, -0.2) is 15.0 Å². The van der Waals surface area contributed by atoms with Crippen LogP contribution in [0.25, 0.3) is 0 Å². The van der Waals surface area contributed by atoms with Crippen molar-refractivity contribution in [3.63, 3.8) is 0 Å². The van der Waals surface area contributed by atoms with E-state index >= 15 is 0 Å². The number of hydrogen-bond donors (Lipinski definition) is 1. The molecule has 0 saturated carbocycles. The van der Waals surface area contributed by atoms with Crippen molar-refractivity contribution in [1.29, 1.82) is 0 Å². The first-order valence-corrected chi connectivity index (χ1v) is 11.0. The number of carbonyl (C=O) groups excluding carboxylic acids is 1. The molecule has 2 aromatic heterocycles. The molecule has 1 aliphatic heterocycles. The largest absolute Gasteiger partial charge is 0.368 e. The van der Waals surface area contributed by atoms with Gasteiger partial charge in [0.15, 0.2) is 0 Å². The fourth-order valence-electron chi connectivity index (χ4n) is 3.96. The van der Waals surface area contributed by atoms with Crippen LogP contribution in [0.5, 0.6) is 0 Å². The number of para-hydroxylation sites is 1. The van der Waals surface area contributed by atoms with Crippen LogP contribution in [-0.2, 0) is 6.54 Å². The average Bonchev–Trinajstić information content (AvgIpc) is 3.38. The van der Waals surface area contributed by atoms with Crippen LogP contribution in [0, 0.1) is 0 Å². The van der Waals surface area contributed by atoms with Crippen LogP contribution < -0.4 is 15.1 Å². The van der Waals surface area contributed by atoms with Crippen molar-refractivity contribution in [2.24, 2.45) is 0 Å². The minimum absolute atomic E-state index is 0.192. The summed E-state index contributed by atoms with van der Waals surface area (Å²) in [6.45, 7) is 4.27. The molecule has 2 aromatic carbocycles. The summed E-state index contributed by atoms with van der Waals surface area (Å²) < 4.78 is 1.98. The quantitative estimate of drug-likeness (QED) is 0.497. The molecule has 5 rings (SSSR count). The van der Waals surface area contributed by atoms with Gasteiger partial charge in [0, 0.05) is 62.4 Å². The predicted octanol–water partition coefficient (Wildman–Crippen LogP) is 3.30. The van der Waals surface area contributed by atoms with Gasteiger partial charge < -0.3 is 19.7 Å². The third-order valence-electron chi connectivity index (χ3n) is 5.76. The molecular weight excluding hydrogens is 414 g/mol. The smallest absolute Gasteiger partial charge is 0.256 e. The molecule has 1 amide bonds. The van der Waals surface area contributed by atoms with Gasteiger partial charge in [-0.2, -0.15) is 0 Å². The SMILES string of the molecule is O=C(Nc1cc(N2CCN(c3ccccc3)CC2)ncn1)c1ccc(Cn2ccnc2)cc1. The van der Waals surface area contributed by atoms with E-state index < -0.39 is 0 Å². The summed E-state index contributed by atoms with van der Waals surface area (Å²) in [5, 5.41) is 2.90. The number of nitrogens with one attached hydrogen (secondary N) is 1. The normalized spacial score (nSPS) is 13.7. The van der Waals surface area contributed by atoms with Crippen LogP contribution in [-0.4, -0.2) is 51.6 Å². The van der Waals surface area contributed by atoms with E-state index in [1.165, 1.54) is 12.0 Å². The number of nitrogens with zero attached hydrogens (tertiary/aromatic N) is 6. The highest BCUT2D eigenvalue weighted by Gasteiger charge is 2.19. The maximum Gasteiger partial charge on any atom is 0.256 e. The molecule has 0 atom stereocenters. The minimum atomic E-state index is -0.192. The van der Waals surface area contributed by atoms with E-state index in [1.54, 1.807) is 12.5 Å². The summed E-state index contributed by atoms with van der Waals surface area (Å²) in [6, 6.07) is 19.8. The first-order valence-electron chi connectivity index (χ1n) is 11.0. The van der Waals surface area contributed by atoms with Gasteiger partial charge in [-0.1, -0.05) is 30.3 Å². The van der Waals surface area contributed by atoms with Crippen LogP contribution in [0.2, 0.25) is 0 Å². The summed E-state index contributed by atoms with van der Waals surface area (Å²) in [6.07, 6.45) is 6.94. The fraction of sp³-hybridized carbons (Fsp3) is 0.200. The molecule has 1 aliphatic rings. The first kappa shape index (κ1) is 20.7. The van der Waals surface area contributed by atoms with Crippen molar-refractivity contribution in [3.05, 3.63) is 96.8 Å². The van der Waals surface area contributed by atoms with E-state index in [2.05, 4.69) is 54.3 Å². The molecule has 1 N–H and O–H groups in total. The molecule has 4 aromatic rings. The zero-order valence-corrected chi connectivity index (χ0v) is 18.2. The molecule has 8 heteroatoms. The Labute approximate surface area is 192 Å². The van der Waals surface area contributed by atoms with Crippen LogP contribution >= 0.6 is 0 Å². The molecular formula is C25H25N7O. The predicted molar refractivity (Wildman–Crippen MR) is 129 cm³/mol. The number of hydrogen-bond acceptors (Lipinski definition) is 6. The lowest BCUT2D eigenvalue weighted by molar-refractivity contribution is 0.102. The Balaban J connectivity index is 1.19. The van der Waals surface area contributed by atoms with E-state index in [0.29, 0.717) is 17.9 Å². The third kappa shape index (κ3) is 5.01. The molecule has 33 heavy (non-hydrogen) atoms. The first-order chi connectivity index (χ1) is 16.2. The van der Waals surface area contributed by atoms with E-state index in [0.717, 1.165) is 37.6 Å². The van der Waals surface area contributed by atoms with Crippen molar-refractivity contribution >= 4 is 23.2 Å². The molecule has 0 radical (unpaired) electrons. The molecule has 0 spiro atoms. The maximum atomic E-state index is 12.7. The zero-order chi connectivity index (χ0) is 22.5. The van der Waals surface area contributed by atoms with Gasteiger partial charge in [0.2, 0.25) is 0 Å². The standard InChI is InChI=1S/C25H25N7O/c33-25(21-8-6-20(7-9-21)17-30-11-10-26-19-30)29-23-16-24(28-18-27-23)32-14-12-31(13-15-32)22-4-2-1-3-5-22/h1-11,16,18-19H,12-15,17H2,(H,27,28,29,33). The number of carbonyl (C=O) groups is 1. The molecule has 0 bridgehead atoms. The average molecular weight is 440 g/mol. The number of anilines is 3. The topological polar surface area (TPSA) is 79.2 Å². The maximum absolute atomic E-state index is 12.7. The molecule has 1 fully saturated rings. The molecule has 0 aliphatic carbocycles. The van der Waals surface area contributed by atoms with E-state index in [9.17, 15) is 4.79 Å². The molecule has 1 saturated heterocycles. The second-order valence-electron chi connectivity index (χ2n) is 7.96. The monoisotopic (exact) mass is 439 g/mol. The fourth-order valence-corrected chi connectivity index (χ4v) is 3.96. The summed E-state index contributed by atoms with van der Waals surface area (Å²) in [4.78, 5) is 30.0. The number of piperazine rings is 1. The molecule has 3 heterocycles. The molecule has 166 valence electrons. The van der Waals surface area contributed by atoms with Crippen molar-refractivity contribution in [2.75, 3.05) is 41.3 Å². The molecule has 8 nitrogen and oxygen atoms in total. The Morgan fingerprint density at radius 1 is 0.909 bits per heavy atom. The summed E-state index contributed by atoms with van der Waals surface area (Å²) >= 11 is 0. The van der Waals surface area contributed by atoms with Gasteiger partial charge in [-0.15, -0.1) is 0 Å². The second-order valence-corrected chi connectivity index (χ2v) is 7.96. The van der Waals surface area contributed by atoms with Gasteiger partial charge in [-0.3, -0.25) is 4.79 Å². The van der Waals surface area contributed by atoms with Crippen molar-refractivity contribution in [2.45, 2.75) is 6.54 Å². The van der Waals surface area contributed by atoms with Gasteiger partial charge in [-0.05, 0) is 29.8 Å². The highest BCUT2D eigenvalue weighted by atomic mass is 16.1. The van der Waals surface area contributed by atoms with E-state index in [1.807, 2.05) is 47.2 Å². The number of benzene rings is 2. The van der Waals surface area contributed by atoms with Crippen molar-refractivity contribution < 1.29 is 4.79 Å². The van der Waals surface area contributed by atoms with E-state index in [4.69, 9.17) is 0 Å². The van der Waals surface area contributed by atoms with E-state index in [-0.39, 0.29) is 5.91 Å². The molecule has 0 unspecified atom stereocenters. The number of amides is 1. The van der Waals surface area contributed by atoms with Crippen LogP contribution in [0.15, 0.2) is 85.7 Å². The van der Waals surface area contributed by atoms with Crippen LogP contribution in [0.1, 0.15) is 15.9 Å². The Kier molecular flexibility index (Phi) is 5.97. The number of rotatable bonds is 6. The van der Waals surface area contributed by atoms with Gasteiger partial charge in [0.1, 0.15) is 18.0 Å². The lowest BCUT2D eigenvalue weighted by Gasteiger charge is -2.36. The van der Waals surface area contributed by atoms with Crippen molar-refractivity contribution in [1.82, 2.24) is 19.5 Å². The van der Waals surface area contributed by atoms with Crippen molar-refractivity contribution in [3.8, 4) is 0 Å². The summed E-state index contributed by atoms with van der Waals surface area (Å²) in [5.41, 5.74) is 2.92. The highest BCUT2D eigenvalue weighted by molar-refractivity contribution is 6.03. The number of aromatic nitrogens is 4. The Morgan fingerprint density at radius 2 is 1.67 bits per heavy atom. The zero-order valence-electron chi connectivity index (χ0n) is 18.2. The second kappa shape index (κ2) is 9.52. The van der Waals surface area contributed by atoms with Crippen LogP contribution in [0.4, 0.5) is 17.3 Å². The lowest BCUT2D eigenvalue weighted by Crippen LogP contribution is -2.46. The highest BCUT2D eigenvalue weighted by Crippen LogP contribution is 2.20. The third-order valence-corrected chi connectivity index (χ3v) is 5.76. The Morgan fingerprint density at radius 3 is 2.39 bits per heavy atom.